The van der Waals surface area contributed by atoms with Gasteiger partial charge in [-0.2, -0.15) is 0 Å². The van der Waals surface area contributed by atoms with E-state index < -0.39 is 0 Å². The molecule has 2 aromatic carbocycles. The Hall–Kier alpha value is -2.55. The summed E-state index contributed by atoms with van der Waals surface area (Å²) in [6.07, 6.45) is 0. The molecule has 3 nitrogen and oxygen atoms in total. The topological polar surface area (TPSA) is 39.4 Å². The second-order valence-electron chi connectivity index (χ2n) is 4.37. The van der Waals surface area contributed by atoms with Crippen LogP contribution in [0.2, 0.25) is 0 Å². The van der Waals surface area contributed by atoms with Crippen molar-refractivity contribution < 1.29 is 9.15 Å². The van der Waals surface area contributed by atoms with Gasteiger partial charge in [0.15, 0.2) is 0 Å². The molecule has 0 saturated heterocycles. The first-order valence-electron chi connectivity index (χ1n) is 5.99. The fourth-order valence-corrected chi connectivity index (χ4v) is 1.85. The molecule has 0 N–H and O–H groups in total. The number of fused-ring (bicyclic) bond motifs is 1. The highest BCUT2D eigenvalue weighted by Gasteiger charge is 2.01. The molecule has 0 aliphatic heterocycles. The standard InChI is InChI=1S/C16H12O3/c1-11-2-6-13(7-3-11)18-14-8-4-12-5-9-16(17)19-15(12)10-14/h2-10H,1H3. The van der Waals surface area contributed by atoms with Crippen molar-refractivity contribution in [3.63, 3.8) is 0 Å². The maximum Gasteiger partial charge on any atom is 0.336 e. The Morgan fingerprint density at radius 2 is 1.58 bits per heavy atom. The van der Waals surface area contributed by atoms with Crippen LogP contribution in [0.4, 0.5) is 0 Å². The molecule has 3 heteroatoms. The summed E-state index contributed by atoms with van der Waals surface area (Å²) in [5.41, 5.74) is 1.34. The summed E-state index contributed by atoms with van der Waals surface area (Å²) in [4.78, 5) is 11.2. The Labute approximate surface area is 110 Å². The van der Waals surface area contributed by atoms with Crippen molar-refractivity contribution in [1.82, 2.24) is 0 Å². The monoisotopic (exact) mass is 252 g/mol. The number of hydrogen-bond donors (Lipinski definition) is 0. The van der Waals surface area contributed by atoms with Crippen LogP contribution in [0.3, 0.4) is 0 Å². The Morgan fingerprint density at radius 1 is 0.895 bits per heavy atom. The molecule has 0 bridgehead atoms. The number of benzene rings is 2. The predicted molar refractivity (Wildman–Crippen MR) is 73.7 cm³/mol. The van der Waals surface area contributed by atoms with Crippen LogP contribution in [0.15, 0.2) is 63.8 Å². The van der Waals surface area contributed by atoms with Crippen molar-refractivity contribution in [2.75, 3.05) is 0 Å². The van der Waals surface area contributed by atoms with Crippen LogP contribution in [-0.2, 0) is 0 Å². The normalized spacial score (nSPS) is 10.6. The van der Waals surface area contributed by atoms with Gasteiger partial charge in [0, 0.05) is 17.5 Å². The quantitative estimate of drug-likeness (QED) is 0.649. The second-order valence-corrected chi connectivity index (χ2v) is 4.37. The predicted octanol–water partition coefficient (Wildman–Crippen LogP) is 3.89. The lowest BCUT2D eigenvalue weighted by molar-refractivity contribution is 0.480. The molecular weight excluding hydrogens is 240 g/mol. The third-order valence-corrected chi connectivity index (χ3v) is 2.85. The van der Waals surface area contributed by atoms with Gasteiger partial charge in [0.2, 0.25) is 0 Å². The number of aryl methyl sites for hydroxylation is 1. The first kappa shape index (κ1) is 11.5. The molecule has 1 aromatic heterocycles. The van der Waals surface area contributed by atoms with Gasteiger partial charge in [-0.15, -0.1) is 0 Å². The minimum atomic E-state index is -0.361. The molecule has 0 spiro atoms. The van der Waals surface area contributed by atoms with Gasteiger partial charge in [0.05, 0.1) is 0 Å². The summed E-state index contributed by atoms with van der Waals surface area (Å²) in [5.74, 6) is 1.40. The summed E-state index contributed by atoms with van der Waals surface area (Å²) in [7, 11) is 0. The molecule has 0 fully saturated rings. The number of hydrogen-bond acceptors (Lipinski definition) is 3. The van der Waals surface area contributed by atoms with Crippen molar-refractivity contribution in [2.24, 2.45) is 0 Å². The lowest BCUT2D eigenvalue weighted by atomic mass is 10.2. The smallest absolute Gasteiger partial charge is 0.336 e. The Balaban J connectivity index is 1.96. The van der Waals surface area contributed by atoms with Crippen molar-refractivity contribution in [3.8, 4) is 11.5 Å². The van der Waals surface area contributed by atoms with Crippen LogP contribution in [0.25, 0.3) is 11.0 Å². The van der Waals surface area contributed by atoms with Crippen molar-refractivity contribution in [1.29, 1.82) is 0 Å². The van der Waals surface area contributed by atoms with E-state index in [0.717, 1.165) is 11.1 Å². The molecule has 1 heterocycles. The van der Waals surface area contributed by atoms with E-state index >= 15 is 0 Å². The molecule has 0 amide bonds. The van der Waals surface area contributed by atoms with E-state index in [4.69, 9.17) is 9.15 Å². The lowest BCUT2D eigenvalue weighted by Gasteiger charge is -2.06. The fraction of sp³-hybridized carbons (Fsp3) is 0.0625. The van der Waals surface area contributed by atoms with Crippen molar-refractivity contribution in [2.45, 2.75) is 6.92 Å². The SMILES string of the molecule is Cc1ccc(Oc2ccc3ccc(=O)oc3c2)cc1. The average molecular weight is 252 g/mol. The summed E-state index contributed by atoms with van der Waals surface area (Å²) in [6, 6.07) is 16.3. The zero-order chi connectivity index (χ0) is 13.2. The molecule has 3 rings (SSSR count). The van der Waals surface area contributed by atoms with E-state index in [1.807, 2.05) is 43.3 Å². The first-order valence-corrected chi connectivity index (χ1v) is 5.99. The van der Waals surface area contributed by atoms with E-state index in [1.54, 1.807) is 12.1 Å². The zero-order valence-corrected chi connectivity index (χ0v) is 10.4. The van der Waals surface area contributed by atoms with Gasteiger partial charge >= 0.3 is 5.63 Å². The Morgan fingerprint density at radius 3 is 2.37 bits per heavy atom. The van der Waals surface area contributed by atoms with Gasteiger partial charge in [-0.3, -0.25) is 0 Å². The van der Waals surface area contributed by atoms with Crippen LogP contribution in [-0.4, -0.2) is 0 Å². The first-order chi connectivity index (χ1) is 9.20. The molecular formula is C16H12O3. The number of ether oxygens (including phenoxy) is 1. The van der Waals surface area contributed by atoms with E-state index in [2.05, 4.69) is 0 Å². The van der Waals surface area contributed by atoms with Gasteiger partial charge in [0.1, 0.15) is 17.1 Å². The zero-order valence-electron chi connectivity index (χ0n) is 10.4. The van der Waals surface area contributed by atoms with Gasteiger partial charge in [-0.05, 0) is 37.3 Å². The molecule has 94 valence electrons. The molecule has 0 atom stereocenters. The summed E-state index contributed by atoms with van der Waals surface area (Å²) in [6.45, 7) is 2.02. The maximum absolute atomic E-state index is 11.2. The Bertz CT molecular complexity index is 770. The van der Waals surface area contributed by atoms with Crippen LogP contribution in [0.5, 0.6) is 11.5 Å². The van der Waals surface area contributed by atoms with Crippen LogP contribution < -0.4 is 10.4 Å². The number of rotatable bonds is 2. The second kappa shape index (κ2) is 4.61. The van der Waals surface area contributed by atoms with Gasteiger partial charge < -0.3 is 9.15 Å². The molecule has 3 aromatic rings. The highest BCUT2D eigenvalue weighted by Crippen LogP contribution is 2.25. The molecule has 0 aliphatic carbocycles. The molecule has 0 saturated carbocycles. The largest absolute Gasteiger partial charge is 0.457 e. The van der Waals surface area contributed by atoms with Crippen LogP contribution >= 0.6 is 0 Å². The average Bonchev–Trinajstić information content (AvgIpc) is 2.41. The van der Waals surface area contributed by atoms with E-state index in [0.29, 0.717) is 11.3 Å². The molecule has 19 heavy (non-hydrogen) atoms. The van der Waals surface area contributed by atoms with Crippen molar-refractivity contribution in [3.05, 3.63) is 70.6 Å². The minimum absolute atomic E-state index is 0.361. The van der Waals surface area contributed by atoms with Crippen LogP contribution in [0, 0.1) is 6.92 Å². The van der Waals surface area contributed by atoms with Gasteiger partial charge in [-0.25, -0.2) is 4.79 Å². The minimum Gasteiger partial charge on any atom is -0.457 e. The fourth-order valence-electron chi connectivity index (χ4n) is 1.85. The van der Waals surface area contributed by atoms with Crippen LogP contribution in [0.1, 0.15) is 5.56 Å². The summed E-state index contributed by atoms with van der Waals surface area (Å²) in [5, 5.41) is 0.871. The maximum atomic E-state index is 11.2. The Kier molecular flexibility index (Phi) is 2.80. The van der Waals surface area contributed by atoms with E-state index in [1.165, 1.54) is 11.6 Å². The molecule has 0 aliphatic rings. The van der Waals surface area contributed by atoms with Crippen molar-refractivity contribution >= 4 is 11.0 Å². The highest BCUT2D eigenvalue weighted by atomic mass is 16.5. The molecule has 0 radical (unpaired) electrons. The molecule has 0 unspecified atom stereocenters. The summed E-state index contributed by atoms with van der Waals surface area (Å²) >= 11 is 0. The summed E-state index contributed by atoms with van der Waals surface area (Å²) < 4.78 is 10.8. The van der Waals surface area contributed by atoms with Gasteiger partial charge in [0.25, 0.3) is 0 Å². The van der Waals surface area contributed by atoms with Gasteiger partial charge in [-0.1, -0.05) is 17.7 Å². The lowest BCUT2D eigenvalue weighted by Crippen LogP contribution is -1.94. The third kappa shape index (κ3) is 2.50. The third-order valence-electron chi connectivity index (χ3n) is 2.85. The highest BCUT2D eigenvalue weighted by molar-refractivity contribution is 5.77. The van der Waals surface area contributed by atoms with E-state index in [-0.39, 0.29) is 5.63 Å². The van der Waals surface area contributed by atoms with E-state index in [9.17, 15) is 4.79 Å².